The van der Waals surface area contributed by atoms with Crippen LogP contribution in [0.5, 0.6) is 11.5 Å². The molecule has 4 heteroatoms. The van der Waals surface area contributed by atoms with Crippen molar-refractivity contribution in [1.29, 1.82) is 0 Å². The Labute approximate surface area is 131 Å². The van der Waals surface area contributed by atoms with Crippen molar-refractivity contribution in [3.8, 4) is 11.5 Å². The largest absolute Gasteiger partial charge is 0.496 e. The molecule has 0 unspecified atom stereocenters. The Balaban J connectivity index is 1.87. The van der Waals surface area contributed by atoms with Gasteiger partial charge in [0.15, 0.2) is 6.61 Å². The SMILES string of the molecule is COc1ccc(CNC(=O)COc2ccccc2)c(C)c1C. The van der Waals surface area contributed by atoms with Crippen LogP contribution in [0.25, 0.3) is 0 Å². The summed E-state index contributed by atoms with van der Waals surface area (Å²) in [5, 5.41) is 2.87. The highest BCUT2D eigenvalue weighted by Crippen LogP contribution is 2.23. The summed E-state index contributed by atoms with van der Waals surface area (Å²) < 4.78 is 10.7. The van der Waals surface area contributed by atoms with E-state index in [0.29, 0.717) is 12.3 Å². The third kappa shape index (κ3) is 4.01. The number of hydrogen-bond donors (Lipinski definition) is 1. The van der Waals surface area contributed by atoms with Crippen molar-refractivity contribution in [2.24, 2.45) is 0 Å². The second-order valence-corrected chi connectivity index (χ2v) is 5.06. The number of nitrogens with one attached hydrogen (secondary N) is 1. The first kappa shape index (κ1) is 15.9. The molecule has 0 bridgehead atoms. The van der Waals surface area contributed by atoms with Crippen LogP contribution in [0.15, 0.2) is 42.5 Å². The van der Waals surface area contributed by atoms with Gasteiger partial charge in [-0.25, -0.2) is 0 Å². The summed E-state index contributed by atoms with van der Waals surface area (Å²) in [6, 6.07) is 13.2. The summed E-state index contributed by atoms with van der Waals surface area (Å²) in [6.07, 6.45) is 0. The van der Waals surface area contributed by atoms with Crippen LogP contribution in [-0.4, -0.2) is 19.6 Å². The van der Waals surface area contributed by atoms with Gasteiger partial charge in [-0.1, -0.05) is 24.3 Å². The molecule has 0 aliphatic heterocycles. The van der Waals surface area contributed by atoms with Crippen molar-refractivity contribution in [2.75, 3.05) is 13.7 Å². The average Bonchev–Trinajstić information content (AvgIpc) is 2.55. The van der Waals surface area contributed by atoms with Crippen LogP contribution in [0, 0.1) is 13.8 Å². The summed E-state index contributed by atoms with van der Waals surface area (Å²) >= 11 is 0. The van der Waals surface area contributed by atoms with E-state index in [4.69, 9.17) is 9.47 Å². The lowest BCUT2D eigenvalue weighted by Crippen LogP contribution is -2.28. The predicted octanol–water partition coefficient (Wildman–Crippen LogP) is 3.01. The lowest BCUT2D eigenvalue weighted by Gasteiger charge is -2.13. The predicted molar refractivity (Wildman–Crippen MR) is 86.3 cm³/mol. The number of ether oxygens (including phenoxy) is 2. The lowest BCUT2D eigenvalue weighted by atomic mass is 10.0. The smallest absolute Gasteiger partial charge is 0.258 e. The van der Waals surface area contributed by atoms with Crippen molar-refractivity contribution < 1.29 is 14.3 Å². The zero-order chi connectivity index (χ0) is 15.9. The van der Waals surface area contributed by atoms with Gasteiger partial charge in [0, 0.05) is 6.54 Å². The van der Waals surface area contributed by atoms with E-state index in [1.165, 1.54) is 0 Å². The maximum absolute atomic E-state index is 11.8. The molecule has 0 saturated heterocycles. The average molecular weight is 299 g/mol. The Kier molecular flexibility index (Phi) is 5.42. The summed E-state index contributed by atoms with van der Waals surface area (Å²) in [4.78, 5) is 11.8. The van der Waals surface area contributed by atoms with Gasteiger partial charge < -0.3 is 14.8 Å². The van der Waals surface area contributed by atoms with Gasteiger partial charge in [-0.3, -0.25) is 4.79 Å². The summed E-state index contributed by atoms with van der Waals surface area (Å²) in [7, 11) is 1.66. The topological polar surface area (TPSA) is 47.6 Å². The highest BCUT2D eigenvalue weighted by Gasteiger charge is 2.08. The van der Waals surface area contributed by atoms with Gasteiger partial charge in [-0.05, 0) is 48.7 Å². The van der Waals surface area contributed by atoms with Crippen molar-refractivity contribution in [3.63, 3.8) is 0 Å². The Morgan fingerprint density at radius 1 is 1.05 bits per heavy atom. The minimum Gasteiger partial charge on any atom is -0.496 e. The fraction of sp³-hybridized carbons (Fsp3) is 0.278. The monoisotopic (exact) mass is 299 g/mol. The standard InChI is InChI=1S/C18H21NO3/c1-13-14(2)17(21-3)10-9-15(13)11-19-18(20)12-22-16-7-5-4-6-8-16/h4-10H,11-12H2,1-3H3,(H,19,20). The Morgan fingerprint density at radius 3 is 2.45 bits per heavy atom. The minimum atomic E-state index is -0.142. The minimum absolute atomic E-state index is 0.0121. The van der Waals surface area contributed by atoms with Gasteiger partial charge in [0.25, 0.3) is 5.91 Å². The Morgan fingerprint density at radius 2 is 1.77 bits per heavy atom. The van der Waals surface area contributed by atoms with Gasteiger partial charge in [0.2, 0.25) is 0 Å². The molecule has 2 aromatic rings. The quantitative estimate of drug-likeness (QED) is 0.892. The number of benzene rings is 2. The molecule has 0 heterocycles. The summed E-state index contributed by atoms with van der Waals surface area (Å²) in [5.74, 6) is 1.41. The Bertz CT molecular complexity index is 638. The molecule has 0 aromatic heterocycles. The van der Waals surface area contributed by atoms with Gasteiger partial charge in [-0.15, -0.1) is 0 Å². The van der Waals surface area contributed by atoms with Gasteiger partial charge in [0.1, 0.15) is 11.5 Å². The fourth-order valence-electron chi connectivity index (χ4n) is 2.17. The number of rotatable bonds is 6. The molecule has 2 rings (SSSR count). The molecule has 0 saturated carbocycles. The van der Waals surface area contributed by atoms with E-state index in [1.807, 2.05) is 56.3 Å². The summed E-state index contributed by atoms with van der Waals surface area (Å²) in [5.41, 5.74) is 3.30. The first-order valence-corrected chi connectivity index (χ1v) is 7.19. The molecular weight excluding hydrogens is 278 g/mol. The van der Waals surface area contributed by atoms with E-state index in [1.54, 1.807) is 7.11 Å². The summed E-state index contributed by atoms with van der Waals surface area (Å²) in [6.45, 7) is 4.53. The van der Waals surface area contributed by atoms with Crippen molar-refractivity contribution in [3.05, 3.63) is 59.2 Å². The zero-order valence-corrected chi connectivity index (χ0v) is 13.2. The molecule has 1 N–H and O–H groups in total. The van der Waals surface area contributed by atoms with Crippen molar-refractivity contribution in [1.82, 2.24) is 5.32 Å². The number of amides is 1. The van der Waals surface area contributed by atoms with E-state index in [0.717, 1.165) is 22.4 Å². The maximum Gasteiger partial charge on any atom is 0.258 e. The molecule has 116 valence electrons. The van der Waals surface area contributed by atoms with Crippen LogP contribution < -0.4 is 14.8 Å². The van der Waals surface area contributed by atoms with Gasteiger partial charge >= 0.3 is 0 Å². The molecule has 0 fully saturated rings. The van der Waals surface area contributed by atoms with E-state index < -0.39 is 0 Å². The van der Waals surface area contributed by atoms with Gasteiger partial charge in [0.05, 0.1) is 7.11 Å². The highest BCUT2D eigenvalue weighted by atomic mass is 16.5. The first-order valence-electron chi connectivity index (χ1n) is 7.19. The lowest BCUT2D eigenvalue weighted by molar-refractivity contribution is -0.123. The normalized spacial score (nSPS) is 10.1. The third-order valence-corrected chi connectivity index (χ3v) is 3.66. The van der Waals surface area contributed by atoms with E-state index >= 15 is 0 Å². The van der Waals surface area contributed by atoms with Gasteiger partial charge in [-0.2, -0.15) is 0 Å². The molecule has 1 amide bonds. The highest BCUT2D eigenvalue weighted by molar-refractivity contribution is 5.77. The molecule has 0 radical (unpaired) electrons. The zero-order valence-electron chi connectivity index (χ0n) is 13.2. The molecular formula is C18H21NO3. The molecule has 0 aliphatic carbocycles. The van der Waals surface area contributed by atoms with E-state index in [-0.39, 0.29) is 12.5 Å². The molecule has 4 nitrogen and oxygen atoms in total. The van der Waals surface area contributed by atoms with Crippen LogP contribution in [0.1, 0.15) is 16.7 Å². The second kappa shape index (κ2) is 7.50. The van der Waals surface area contributed by atoms with Crippen LogP contribution in [0.2, 0.25) is 0 Å². The van der Waals surface area contributed by atoms with Crippen LogP contribution in [0.3, 0.4) is 0 Å². The second-order valence-electron chi connectivity index (χ2n) is 5.06. The maximum atomic E-state index is 11.8. The number of para-hydroxylation sites is 1. The van der Waals surface area contributed by atoms with E-state index in [9.17, 15) is 4.79 Å². The number of methoxy groups -OCH3 is 1. The van der Waals surface area contributed by atoms with Crippen LogP contribution >= 0.6 is 0 Å². The molecule has 22 heavy (non-hydrogen) atoms. The molecule has 0 spiro atoms. The first-order chi connectivity index (χ1) is 10.6. The number of hydrogen-bond acceptors (Lipinski definition) is 3. The van der Waals surface area contributed by atoms with Crippen molar-refractivity contribution >= 4 is 5.91 Å². The number of carbonyl (C=O) groups excluding carboxylic acids is 1. The Hall–Kier alpha value is -2.49. The van der Waals surface area contributed by atoms with Crippen molar-refractivity contribution in [2.45, 2.75) is 20.4 Å². The number of carbonyl (C=O) groups is 1. The van der Waals surface area contributed by atoms with E-state index in [2.05, 4.69) is 5.32 Å². The third-order valence-electron chi connectivity index (χ3n) is 3.66. The fourth-order valence-corrected chi connectivity index (χ4v) is 2.17. The molecule has 2 aromatic carbocycles. The molecule has 0 aliphatic rings. The molecule has 0 atom stereocenters. The van der Waals surface area contributed by atoms with Crippen LogP contribution in [-0.2, 0) is 11.3 Å². The van der Waals surface area contributed by atoms with Crippen LogP contribution in [0.4, 0.5) is 0 Å².